The van der Waals surface area contributed by atoms with Crippen LogP contribution in [0.5, 0.6) is 0 Å². The largest absolute Gasteiger partial charge is 0.462 e. The second-order valence-corrected chi connectivity index (χ2v) is 7.42. The van der Waals surface area contributed by atoms with E-state index in [2.05, 4.69) is 0 Å². The van der Waals surface area contributed by atoms with Crippen molar-refractivity contribution < 1.29 is 17.7 Å². The van der Waals surface area contributed by atoms with E-state index in [0.717, 1.165) is 32.2 Å². The fraction of sp³-hybridized carbons (Fsp3) is 0.909. The monoisotopic (exact) mass is 250 g/mol. The lowest BCUT2D eigenvalue weighted by atomic mass is 9.98. The minimum atomic E-state index is -4.15. The van der Waals surface area contributed by atoms with Gasteiger partial charge in [-0.25, -0.2) is 0 Å². The van der Waals surface area contributed by atoms with Crippen LogP contribution in [0.4, 0.5) is 8.22 Å². The van der Waals surface area contributed by atoms with Crippen molar-refractivity contribution in [2.24, 2.45) is 5.92 Å². The molecule has 0 spiro atoms. The Morgan fingerprint density at radius 2 is 1.94 bits per heavy atom. The van der Waals surface area contributed by atoms with Crippen LogP contribution in [0.2, 0.25) is 12.6 Å². The van der Waals surface area contributed by atoms with E-state index < -0.39 is 20.6 Å². The molecule has 0 N–H and O–H groups in total. The van der Waals surface area contributed by atoms with Crippen molar-refractivity contribution in [1.29, 1.82) is 0 Å². The van der Waals surface area contributed by atoms with Gasteiger partial charge in [0.2, 0.25) is 0 Å². The van der Waals surface area contributed by atoms with Crippen LogP contribution in [0.1, 0.15) is 39.0 Å². The molecule has 1 fully saturated rings. The number of carbonyl (C=O) groups excluding carboxylic acids is 1. The van der Waals surface area contributed by atoms with Crippen molar-refractivity contribution in [3.8, 4) is 0 Å². The zero-order valence-corrected chi connectivity index (χ0v) is 11.0. The molecule has 0 amide bonds. The summed E-state index contributed by atoms with van der Waals surface area (Å²) in [5, 5.41) is 0. The highest BCUT2D eigenvalue weighted by Crippen LogP contribution is 2.24. The van der Waals surface area contributed by atoms with Crippen molar-refractivity contribution in [1.82, 2.24) is 0 Å². The van der Waals surface area contributed by atoms with Crippen molar-refractivity contribution in [3.05, 3.63) is 0 Å². The van der Waals surface area contributed by atoms with Gasteiger partial charge in [-0.15, -0.1) is 0 Å². The summed E-state index contributed by atoms with van der Waals surface area (Å²) in [4.78, 5) is 11.6. The lowest BCUT2D eigenvalue weighted by Gasteiger charge is -2.23. The summed E-state index contributed by atoms with van der Waals surface area (Å²) in [6, 6.07) is -0.293. The Kier molecular flexibility index (Phi) is 4.89. The predicted octanol–water partition coefficient (Wildman–Crippen LogP) is 3.51. The van der Waals surface area contributed by atoms with Gasteiger partial charge in [0.1, 0.15) is 6.10 Å². The van der Waals surface area contributed by atoms with E-state index in [1.807, 2.05) is 0 Å². The highest BCUT2D eigenvalue weighted by atomic mass is 28.4. The smallest absolute Gasteiger partial charge is 0.422 e. The molecular formula is C11H20F2O2Si. The van der Waals surface area contributed by atoms with E-state index in [4.69, 9.17) is 4.74 Å². The van der Waals surface area contributed by atoms with Crippen LogP contribution in [0, 0.1) is 5.92 Å². The molecule has 16 heavy (non-hydrogen) atoms. The van der Waals surface area contributed by atoms with Crippen LogP contribution in [0.3, 0.4) is 0 Å². The zero-order valence-electron chi connectivity index (χ0n) is 9.97. The lowest BCUT2D eigenvalue weighted by Crippen LogP contribution is -2.29. The Bertz CT molecular complexity index is 235. The van der Waals surface area contributed by atoms with Gasteiger partial charge in [0.05, 0.1) is 5.92 Å². The Morgan fingerprint density at radius 1 is 1.38 bits per heavy atom. The third-order valence-corrected chi connectivity index (χ3v) is 4.23. The molecule has 1 unspecified atom stereocenters. The summed E-state index contributed by atoms with van der Waals surface area (Å²) >= 11 is 0. The molecule has 0 heterocycles. The molecule has 1 aliphatic rings. The summed E-state index contributed by atoms with van der Waals surface area (Å²) in [6.45, 7) is 2.51. The number of esters is 1. The van der Waals surface area contributed by atoms with Crippen LogP contribution < -0.4 is 0 Å². The van der Waals surface area contributed by atoms with Crippen LogP contribution >= 0.6 is 0 Å². The molecule has 0 aromatic rings. The molecule has 0 aromatic heterocycles. The predicted molar refractivity (Wildman–Crippen MR) is 60.8 cm³/mol. The zero-order chi connectivity index (χ0) is 12.2. The van der Waals surface area contributed by atoms with E-state index in [-0.39, 0.29) is 12.1 Å². The molecule has 2 nitrogen and oxygen atoms in total. The Balaban J connectivity index is 2.33. The second-order valence-electron chi connectivity index (χ2n) is 4.87. The highest BCUT2D eigenvalue weighted by molar-refractivity contribution is 6.64. The van der Waals surface area contributed by atoms with Gasteiger partial charge in [0, 0.05) is 6.04 Å². The molecule has 5 heteroatoms. The van der Waals surface area contributed by atoms with Gasteiger partial charge in [-0.2, -0.15) is 0 Å². The number of rotatable bonds is 4. The van der Waals surface area contributed by atoms with E-state index in [1.165, 1.54) is 13.3 Å². The molecule has 0 bridgehead atoms. The third kappa shape index (κ3) is 5.05. The number of hydrogen-bond acceptors (Lipinski definition) is 2. The number of halogens is 2. The number of hydrogen-bond donors (Lipinski definition) is 0. The quantitative estimate of drug-likeness (QED) is 0.433. The highest BCUT2D eigenvalue weighted by Gasteiger charge is 2.34. The maximum atomic E-state index is 12.8. The summed E-state index contributed by atoms with van der Waals surface area (Å²) in [5.74, 6) is -1.10. The topological polar surface area (TPSA) is 26.3 Å². The van der Waals surface area contributed by atoms with Crippen molar-refractivity contribution in [2.75, 3.05) is 0 Å². The molecule has 0 aromatic carbocycles. The first kappa shape index (κ1) is 13.6. The summed E-state index contributed by atoms with van der Waals surface area (Å²) in [6.07, 6.45) is 5.08. The first-order valence-corrected chi connectivity index (χ1v) is 8.43. The molecule has 0 aliphatic heterocycles. The van der Waals surface area contributed by atoms with E-state index in [1.54, 1.807) is 0 Å². The van der Waals surface area contributed by atoms with Gasteiger partial charge in [-0.05, 0) is 32.2 Å². The minimum Gasteiger partial charge on any atom is -0.462 e. The minimum absolute atomic E-state index is 0.0316. The molecule has 94 valence electrons. The fourth-order valence-corrected chi connectivity index (χ4v) is 3.33. The Labute approximate surface area is 96.7 Å². The average molecular weight is 250 g/mol. The SMILES string of the molecule is CC(C[Si](C)(F)F)C(=O)OC1CCCCC1. The van der Waals surface area contributed by atoms with Gasteiger partial charge in [-0.3, -0.25) is 13.0 Å². The Hall–Kier alpha value is -0.453. The standard InChI is InChI=1S/C11H20F2O2Si/c1-9(8-16(2,12)13)11(14)15-10-6-4-3-5-7-10/h9-10H,3-8H2,1-2H3. The normalized spacial score (nSPS) is 20.5. The van der Waals surface area contributed by atoms with E-state index in [9.17, 15) is 13.0 Å². The van der Waals surface area contributed by atoms with Crippen molar-refractivity contribution >= 4 is 14.7 Å². The second kappa shape index (κ2) is 5.75. The molecule has 0 radical (unpaired) electrons. The molecule has 0 saturated heterocycles. The molecule has 1 atom stereocenters. The van der Waals surface area contributed by atoms with Crippen LogP contribution in [0.15, 0.2) is 0 Å². The van der Waals surface area contributed by atoms with Crippen molar-refractivity contribution in [2.45, 2.75) is 57.7 Å². The van der Waals surface area contributed by atoms with Gasteiger partial charge in [0.15, 0.2) is 0 Å². The summed E-state index contributed by atoms with van der Waals surface area (Å²) < 4.78 is 30.9. The number of carbonyl (C=O) groups is 1. The summed E-state index contributed by atoms with van der Waals surface area (Å²) in [5.41, 5.74) is 0. The lowest BCUT2D eigenvalue weighted by molar-refractivity contribution is -0.154. The van der Waals surface area contributed by atoms with E-state index in [0.29, 0.717) is 0 Å². The maximum Gasteiger partial charge on any atom is 0.422 e. The van der Waals surface area contributed by atoms with Crippen LogP contribution in [-0.4, -0.2) is 20.8 Å². The summed E-state index contributed by atoms with van der Waals surface area (Å²) in [7, 11) is -4.15. The maximum absolute atomic E-state index is 12.8. The Morgan fingerprint density at radius 3 is 2.44 bits per heavy atom. The van der Waals surface area contributed by atoms with Gasteiger partial charge in [0.25, 0.3) is 0 Å². The molecule has 1 aliphatic carbocycles. The van der Waals surface area contributed by atoms with Crippen molar-refractivity contribution in [3.63, 3.8) is 0 Å². The first-order valence-electron chi connectivity index (χ1n) is 5.97. The van der Waals surface area contributed by atoms with Crippen LogP contribution in [-0.2, 0) is 9.53 Å². The molecule has 1 rings (SSSR count). The van der Waals surface area contributed by atoms with Gasteiger partial charge >= 0.3 is 14.7 Å². The molecular weight excluding hydrogens is 230 g/mol. The average Bonchev–Trinajstić information content (AvgIpc) is 2.16. The molecule has 1 saturated carbocycles. The van der Waals surface area contributed by atoms with Gasteiger partial charge in [-0.1, -0.05) is 13.3 Å². The van der Waals surface area contributed by atoms with E-state index >= 15 is 0 Å². The number of ether oxygens (including phenoxy) is 1. The first-order chi connectivity index (χ1) is 7.38. The third-order valence-electron chi connectivity index (χ3n) is 2.90. The fourth-order valence-electron chi connectivity index (χ4n) is 2.08. The van der Waals surface area contributed by atoms with Gasteiger partial charge < -0.3 is 4.74 Å². The van der Waals surface area contributed by atoms with Crippen LogP contribution in [0.25, 0.3) is 0 Å².